The minimum Gasteiger partial charge on any atom is -0.486 e. The van der Waals surface area contributed by atoms with Gasteiger partial charge in [-0.3, -0.25) is 4.79 Å². The first-order chi connectivity index (χ1) is 8.13. The Hall–Kier alpha value is -2.30. The molecule has 3 N–H and O–H groups in total. The Balaban J connectivity index is 2.09. The lowest BCUT2D eigenvalue weighted by Crippen LogP contribution is -2.13. The number of aryl methyl sites for hydroxylation is 1. The summed E-state index contributed by atoms with van der Waals surface area (Å²) in [6.07, 6.45) is 0. The van der Waals surface area contributed by atoms with Crippen molar-refractivity contribution in [3.8, 4) is 5.75 Å². The third kappa shape index (κ3) is 3.07. The minimum atomic E-state index is -0.177. The van der Waals surface area contributed by atoms with Crippen molar-refractivity contribution in [3.05, 3.63) is 52.2 Å². The Morgan fingerprint density at radius 1 is 1.41 bits per heavy atom. The molecule has 2 aromatic rings. The second kappa shape index (κ2) is 4.69. The number of aromatic nitrogens is 2. The van der Waals surface area contributed by atoms with Crippen LogP contribution < -0.4 is 16.0 Å². The molecule has 0 radical (unpaired) electrons. The lowest BCUT2D eigenvalue weighted by Gasteiger charge is -2.06. The first-order valence-corrected chi connectivity index (χ1v) is 5.19. The molecule has 0 aliphatic heterocycles. The number of nitrogen functional groups attached to an aromatic ring is 1. The molecule has 5 nitrogen and oxygen atoms in total. The van der Waals surface area contributed by atoms with E-state index in [2.05, 4.69) is 9.97 Å². The molecule has 88 valence electrons. The smallest absolute Gasteiger partial charge is 0.251 e. The lowest BCUT2D eigenvalue weighted by atomic mass is 10.3. The van der Waals surface area contributed by atoms with Gasteiger partial charge in [0.05, 0.1) is 0 Å². The van der Waals surface area contributed by atoms with Gasteiger partial charge in [-0.15, -0.1) is 0 Å². The number of nitrogens with zero attached hydrogens (tertiary/aromatic N) is 1. The molecule has 5 heteroatoms. The van der Waals surface area contributed by atoms with E-state index in [-0.39, 0.29) is 12.2 Å². The molecule has 0 aliphatic carbocycles. The molecule has 2 rings (SSSR count). The molecule has 0 bridgehead atoms. The van der Waals surface area contributed by atoms with Crippen LogP contribution in [-0.4, -0.2) is 9.97 Å². The van der Waals surface area contributed by atoms with Crippen LogP contribution in [-0.2, 0) is 6.61 Å². The van der Waals surface area contributed by atoms with Crippen molar-refractivity contribution in [2.75, 3.05) is 5.73 Å². The van der Waals surface area contributed by atoms with Crippen LogP contribution in [0, 0.1) is 6.92 Å². The van der Waals surface area contributed by atoms with E-state index in [0.717, 1.165) is 0 Å². The topological polar surface area (TPSA) is 81.0 Å². The van der Waals surface area contributed by atoms with Crippen molar-refractivity contribution < 1.29 is 4.74 Å². The number of nitrogens with one attached hydrogen (secondary N) is 1. The van der Waals surface area contributed by atoms with Crippen molar-refractivity contribution in [2.45, 2.75) is 13.5 Å². The van der Waals surface area contributed by atoms with Gasteiger partial charge in [0.1, 0.15) is 18.2 Å². The summed E-state index contributed by atoms with van der Waals surface area (Å²) < 4.78 is 5.47. The molecular formula is C12H13N3O2. The van der Waals surface area contributed by atoms with Gasteiger partial charge in [-0.2, -0.15) is 0 Å². The molecule has 0 saturated heterocycles. The molecule has 1 heterocycles. The largest absolute Gasteiger partial charge is 0.486 e. The maximum atomic E-state index is 11.2. The number of hydrogen-bond acceptors (Lipinski definition) is 4. The molecule has 1 aromatic carbocycles. The molecule has 0 unspecified atom stereocenters. The Kier molecular flexibility index (Phi) is 3.09. The molecule has 0 aliphatic rings. The Morgan fingerprint density at radius 3 is 2.94 bits per heavy atom. The van der Waals surface area contributed by atoms with E-state index < -0.39 is 0 Å². The normalized spacial score (nSPS) is 10.2. The van der Waals surface area contributed by atoms with Crippen molar-refractivity contribution in [1.82, 2.24) is 9.97 Å². The zero-order valence-electron chi connectivity index (χ0n) is 9.43. The summed E-state index contributed by atoms with van der Waals surface area (Å²) in [6.45, 7) is 1.97. The van der Waals surface area contributed by atoms with Gasteiger partial charge in [-0.05, 0) is 19.1 Å². The van der Waals surface area contributed by atoms with E-state index >= 15 is 0 Å². The summed E-state index contributed by atoms with van der Waals surface area (Å²) in [5, 5.41) is 0. The van der Waals surface area contributed by atoms with E-state index in [1.165, 1.54) is 6.07 Å². The highest BCUT2D eigenvalue weighted by atomic mass is 16.5. The number of anilines is 1. The summed E-state index contributed by atoms with van der Waals surface area (Å²) in [7, 11) is 0. The monoisotopic (exact) mass is 231 g/mol. The Labute approximate surface area is 98.3 Å². The molecule has 0 atom stereocenters. The van der Waals surface area contributed by atoms with Crippen LogP contribution in [0.25, 0.3) is 0 Å². The predicted octanol–water partition coefficient (Wildman–Crippen LogP) is 1.24. The number of benzene rings is 1. The quantitative estimate of drug-likeness (QED) is 0.779. The molecule has 0 fully saturated rings. The van der Waals surface area contributed by atoms with Gasteiger partial charge >= 0.3 is 0 Å². The van der Waals surface area contributed by atoms with E-state index in [4.69, 9.17) is 10.5 Å². The highest BCUT2D eigenvalue weighted by Crippen LogP contribution is 2.15. The average Bonchev–Trinajstić information content (AvgIpc) is 2.25. The number of aromatic amines is 1. The van der Waals surface area contributed by atoms with Crippen molar-refractivity contribution in [3.63, 3.8) is 0 Å². The standard InChI is InChI=1S/C12H13N3O2/c1-8-5-12(16)15-11(14-8)7-17-10-4-2-3-9(13)6-10/h2-6H,7,13H2,1H3,(H,14,15,16). The van der Waals surface area contributed by atoms with Gasteiger partial charge in [0, 0.05) is 23.5 Å². The van der Waals surface area contributed by atoms with Gasteiger partial charge in [0.2, 0.25) is 0 Å². The van der Waals surface area contributed by atoms with Gasteiger partial charge in [0.25, 0.3) is 5.56 Å². The van der Waals surface area contributed by atoms with Gasteiger partial charge in [0.15, 0.2) is 0 Å². The van der Waals surface area contributed by atoms with Crippen LogP contribution in [0.15, 0.2) is 35.1 Å². The zero-order valence-corrected chi connectivity index (χ0v) is 9.43. The second-order valence-corrected chi connectivity index (χ2v) is 3.69. The molecule has 0 amide bonds. The van der Waals surface area contributed by atoms with Crippen LogP contribution in [0.4, 0.5) is 5.69 Å². The van der Waals surface area contributed by atoms with Crippen molar-refractivity contribution >= 4 is 5.69 Å². The van der Waals surface area contributed by atoms with Crippen LogP contribution in [0.1, 0.15) is 11.5 Å². The predicted molar refractivity (Wildman–Crippen MR) is 64.8 cm³/mol. The number of ether oxygens (including phenoxy) is 1. The number of nitrogens with two attached hydrogens (primary N) is 1. The zero-order chi connectivity index (χ0) is 12.3. The van der Waals surface area contributed by atoms with E-state index in [1.807, 2.05) is 0 Å². The van der Waals surface area contributed by atoms with Gasteiger partial charge in [-0.1, -0.05) is 6.07 Å². The SMILES string of the molecule is Cc1cc(=O)[nH]c(COc2cccc(N)c2)n1. The molecule has 1 aromatic heterocycles. The summed E-state index contributed by atoms with van der Waals surface area (Å²) >= 11 is 0. The van der Waals surface area contributed by atoms with Crippen LogP contribution in [0.2, 0.25) is 0 Å². The molecule has 0 spiro atoms. The number of hydrogen-bond donors (Lipinski definition) is 2. The summed E-state index contributed by atoms with van der Waals surface area (Å²) in [6, 6.07) is 8.53. The highest BCUT2D eigenvalue weighted by Gasteiger charge is 2.00. The maximum absolute atomic E-state index is 11.2. The molecular weight excluding hydrogens is 218 g/mol. The van der Waals surface area contributed by atoms with Crippen molar-refractivity contribution in [2.24, 2.45) is 0 Å². The fourth-order valence-corrected chi connectivity index (χ4v) is 1.47. The summed E-state index contributed by atoms with van der Waals surface area (Å²) in [4.78, 5) is 18.0. The summed E-state index contributed by atoms with van der Waals surface area (Å²) in [5.41, 5.74) is 6.74. The summed E-state index contributed by atoms with van der Waals surface area (Å²) in [5.74, 6) is 1.14. The number of H-pyrrole nitrogens is 1. The Morgan fingerprint density at radius 2 is 2.24 bits per heavy atom. The highest BCUT2D eigenvalue weighted by molar-refractivity contribution is 5.43. The van der Waals surface area contributed by atoms with Crippen LogP contribution >= 0.6 is 0 Å². The van der Waals surface area contributed by atoms with E-state index in [9.17, 15) is 4.79 Å². The Bertz CT molecular complexity index is 578. The second-order valence-electron chi connectivity index (χ2n) is 3.69. The maximum Gasteiger partial charge on any atom is 0.251 e. The average molecular weight is 231 g/mol. The van der Waals surface area contributed by atoms with Gasteiger partial charge in [-0.25, -0.2) is 4.98 Å². The first kappa shape index (κ1) is 11.2. The lowest BCUT2D eigenvalue weighted by molar-refractivity contribution is 0.295. The van der Waals surface area contributed by atoms with Crippen LogP contribution in [0.3, 0.4) is 0 Å². The fraction of sp³-hybridized carbons (Fsp3) is 0.167. The number of rotatable bonds is 3. The van der Waals surface area contributed by atoms with Crippen LogP contribution in [0.5, 0.6) is 5.75 Å². The fourth-order valence-electron chi connectivity index (χ4n) is 1.47. The van der Waals surface area contributed by atoms with Gasteiger partial charge < -0.3 is 15.5 Å². The van der Waals surface area contributed by atoms with E-state index in [0.29, 0.717) is 23.0 Å². The molecule has 17 heavy (non-hydrogen) atoms. The van der Waals surface area contributed by atoms with E-state index in [1.54, 1.807) is 31.2 Å². The minimum absolute atomic E-state index is 0.177. The third-order valence-corrected chi connectivity index (χ3v) is 2.15. The third-order valence-electron chi connectivity index (χ3n) is 2.15. The molecule has 0 saturated carbocycles. The van der Waals surface area contributed by atoms with Crippen molar-refractivity contribution in [1.29, 1.82) is 0 Å². The first-order valence-electron chi connectivity index (χ1n) is 5.19.